The third-order valence-corrected chi connectivity index (χ3v) is 4.36. The number of piperidine rings is 1. The molecule has 1 fully saturated rings. The Labute approximate surface area is 154 Å². The molecule has 4 nitrogen and oxygen atoms in total. The lowest BCUT2D eigenvalue weighted by Crippen LogP contribution is -2.62. The van der Waals surface area contributed by atoms with Crippen LogP contribution >= 0.6 is 8.25 Å². The fourth-order valence-electron chi connectivity index (χ4n) is 3.03. The maximum Gasteiger partial charge on any atom is 0.454 e. The van der Waals surface area contributed by atoms with Crippen molar-refractivity contribution >= 4 is 8.25 Å². The number of likely N-dealkylation sites (tertiary alicyclic amines) is 1. The molecular formula is C13H20F10NO3P. The third kappa shape index (κ3) is 7.34. The van der Waals surface area contributed by atoms with Crippen molar-refractivity contribution in [2.24, 2.45) is 0 Å². The zero-order valence-corrected chi connectivity index (χ0v) is 15.6. The first-order valence-electron chi connectivity index (χ1n) is 7.74. The minimum atomic E-state index is -5.92. The molecule has 28 heavy (non-hydrogen) atoms. The second-order valence-electron chi connectivity index (χ2n) is 6.73. The molecule has 170 valence electrons. The van der Waals surface area contributed by atoms with Gasteiger partial charge in [-0.15, -0.1) is 0 Å². The largest absolute Gasteiger partial charge is 0.454 e. The zero-order valence-electron chi connectivity index (χ0n) is 14.6. The minimum absolute atomic E-state index is 0.126. The highest BCUT2D eigenvalue weighted by Gasteiger charge is 2.64. The van der Waals surface area contributed by atoms with Gasteiger partial charge in [0.1, 0.15) is 0 Å². The Balaban J connectivity index is 0.00000165. The summed E-state index contributed by atoms with van der Waals surface area (Å²) in [5.74, 6) is -10.4. The van der Waals surface area contributed by atoms with Crippen molar-refractivity contribution in [3.05, 3.63) is 0 Å². The van der Waals surface area contributed by atoms with Gasteiger partial charge in [0.2, 0.25) is 0 Å². The lowest BCUT2D eigenvalue weighted by molar-refractivity contribution is -0.306. The van der Waals surface area contributed by atoms with Crippen LogP contribution in [0.1, 0.15) is 39.5 Å². The molecule has 2 N–H and O–H groups in total. The van der Waals surface area contributed by atoms with Crippen LogP contribution in [0.4, 0.5) is 43.9 Å². The standard InChI is InChI=1S/C13H17F10N.H3O3P/c1-8-4-3-5-9(2,6-10(14,15)12(18,19)20)24(8)7-11(16,17)13(21,22)23;1-4(2)3/h8H,3-7H2,1-2H3;4H,(H2,1,2,3). The molecule has 1 aliphatic rings. The molecular weight excluding hydrogens is 439 g/mol. The van der Waals surface area contributed by atoms with Gasteiger partial charge in [0.15, 0.2) is 0 Å². The molecule has 0 saturated carbocycles. The van der Waals surface area contributed by atoms with Crippen LogP contribution in [0.15, 0.2) is 0 Å². The van der Waals surface area contributed by atoms with Crippen LogP contribution in [-0.4, -0.2) is 57.0 Å². The smallest absolute Gasteiger partial charge is 0.326 e. The first kappa shape index (κ1) is 27.4. The Bertz CT molecular complexity index is 536. The molecule has 0 amide bonds. The van der Waals surface area contributed by atoms with E-state index < -0.39 is 57.0 Å². The summed E-state index contributed by atoms with van der Waals surface area (Å²) in [7, 11) is -3.13. The lowest BCUT2D eigenvalue weighted by atomic mass is 9.80. The monoisotopic (exact) mass is 459 g/mol. The van der Waals surface area contributed by atoms with Gasteiger partial charge in [-0.1, -0.05) is 6.42 Å². The number of hydrogen-bond donors (Lipinski definition) is 2. The quantitative estimate of drug-likeness (QED) is 0.470. The molecule has 0 spiro atoms. The highest BCUT2D eigenvalue weighted by molar-refractivity contribution is 7.30. The predicted molar refractivity (Wildman–Crippen MR) is 78.5 cm³/mol. The Morgan fingerprint density at radius 2 is 1.36 bits per heavy atom. The molecule has 1 aliphatic heterocycles. The zero-order chi connectivity index (χ0) is 22.8. The van der Waals surface area contributed by atoms with E-state index in [0.29, 0.717) is 4.90 Å². The first-order chi connectivity index (χ1) is 12.2. The molecule has 0 aliphatic carbocycles. The second-order valence-corrected chi connectivity index (χ2v) is 7.30. The van der Waals surface area contributed by atoms with Crippen molar-refractivity contribution in [2.75, 3.05) is 6.54 Å². The Kier molecular flexibility index (Phi) is 8.86. The van der Waals surface area contributed by atoms with E-state index in [9.17, 15) is 43.9 Å². The van der Waals surface area contributed by atoms with Gasteiger partial charge >= 0.3 is 32.5 Å². The van der Waals surface area contributed by atoms with E-state index in [1.807, 2.05) is 0 Å². The summed E-state index contributed by atoms with van der Waals surface area (Å²) in [5, 5.41) is 0. The Morgan fingerprint density at radius 3 is 1.71 bits per heavy atom. The number of alkyl halides is 10. The van der Waals surface area contributed by atoms with Gasteiger partial charge in [0, 0.05) is 18.0 Å². The van der Waals surface area contributed by atoms with Crippen LogP contribution in [0.3, 0.4) is 0 Å². The summed E-state index contributed by atoms with van der Waals surface area (Å²) >= 11 is 0. The van der Waals surface area contributed by atoms with Crippen molar-refractivity contribution < 1.29 is 58.3 Å². The van der Waals surface area contributed by atoms with Crippen molar-refractivity contribution in [1.29, 1.82) is 0 Å². The molecule has 2 unspecified atom stereocenters. The Hall–Kier alpha value is -0.590. The summed E-state index contributed by atoms with van der Waals surface area (Å²) in [6.07, 6.45) is -13.8. The lowest BCUT2D eigenvalue weighted by Gasteiger charge is -2.51. The average molecular weight is 459 g/mol. The topological polar surface area (TPSA) is 60.8 Å². The average Bonchev–Trinajstić information content (AvgIpc) is 2.39. The van der Waals surface area contributed by atoms with E-state index in [4.69, 9.17) is 14.4 Å². The second kappa shape index (κ2) is 9.05. The fourth-order valence-corrected chi connectivity index (χ4v) is 3.03. The molecule has 1 heterocycles. The normalized spacial score (nSPS) is 25.5. The summed E-state index contributed by atoms with van der Waals surface area (Å²) in [6.45, 7) is 0.145. The van der Waals surface area contributed by atoms with Crippen LogP contribution in [0.25, 0.3) is 0 Å². The summed E-state index contributed by atoms with van der Waals surface area (Å²) in [4.78, 5) is 14.7. The van der Waals surface area contributed by atoms with E-state index in [-0.39, 0.29) is 19.3 Å². The van der Waals surface area contributed by atoms with Gasteiger partial charge in [0.05, 0.1) is 6.54 Å². The van der Waals surface area contributed by atoms with Gasteiger partial charge in [-0.2, -0.15) is 43.9 Å². The number of halogens is 10. The fraction of sp³-hybridized carbons (Fsp3) is 1.00. The molecule has 2 atom stereocenters. The van der Waals surface area contributed by atoms with Crippen molar-refractivity contribution in [1.82, 2.24) is 4.90 Å². The first-order valence-corrected chi connectivity index (χ1v) is 9.04. The molecule has 0 radical (unpaired) electrons. The maximum absolute atomic E-state index is 13.4. The van der Waals surface area contributed by atoms with Crippen molar-refractivity contribution in [3.63, 3.8) is 0 Å². The van der Waals surface area contributed by atoms with Crippen molar-refractivity contribution in [2.45, 2.75) is 75.3 Å². The minimum Gasteiger partial charge on any atom is -0.326 e. The third-order valence-electron chi connectivity index (χ3n) is 4.36. The molecule has 0 aromatic heterocycles. The molecule has 15 heteroatoms. The van der Waals surface area contributed by atoms with E-state index in [1.54, 1.807) is 0 Å². The molecule has 1 rings (SSSR count). The van der Waals surface area contributed by atoms with Crippen molar-refractivity contribution in [3.8, 4) is 0 Å². The van der Waals surface area contributed by atoms with Gasteiger partial charge in [-0.05, 0) is 26.7 Å². The maximum atomic E-state index is 13.4. The number of hydrogen-bond acceptors (Lipinski definition) is 2. The molecule has 0 aromatic carbocycles. The van der Waals surface area contributed by atoms with E-state index in [0.717, 1.165) is 6.92 Å². The van der Waals surface area contributed by atoms with Gasteiger partial charge < -0.3 is 9.79 Å². The van der Waals surface area contributed by atoms with Crippen LogP contribution in [0.2, 0.25) is 0 Å². The SMILES string of the molecule is CC1CCCC(C)(CC(F)(F)C(F)(F)F)N1CC(F)(F)C(F)(F)F.O=[PH](O)O. The molecule has 1 saturated heterocycles. The molecule has 0 aromatic rings. The van der Waals surface area contributed by atoms with Crippen LogP contribution < -0.4 is 0 Å². The number of nitrogens with zero attached hydrogens (tertiary/aromatic N) is 1. The van der Waals surface area contributed by atoms with Gasteiger partial charge in [-0.3, -0.25) is 9.46 Å². The van der Waals surface area contributed by atoms with Crippen LogP contribution in [-0.2, 0) is 4.57 Å². The van der Waals surface area contributed by atoms with Gasteiger partial charge in [0.25, 0.3) is 0 Å². The summed E-state index contributed by atoms with van der Waals surface area (Å²) < 4.78 is 137. The van der Waals surface area contributed by atoms with Crippen LogP contribution in [0, 0.1) is 0 Å². The molecule has 0 bridgehead atoms. The van der Waals surface area contributed by atoms with E-state index in [1.165, 1.54) is 6.92 Å². The number of rotatable bonds is 4. The van der Waals surface area contributed by atoms with Crippen LogP contribution in [0.5, 0.6) is 0 Å². The summed E-state index contributed by atoms with van der Waals surface area (Å²) in [6, 6.07) is -0.985. The Morgan fingerprint density at radius 1 is 0.964 bits per heavy atom. The highest BCUT2D eigenvalue weighted by atomic mass is 31.1. The highest BCUT2D eigenvalue weighted by Crippen LogP contribution is 2.47. The predicted octanol–water partition coefficient (Wildman–Crippen LogP) is 4.77. The van der Waals surface area contributed by atoms with E-state index in [2.05, 4.69) is 0 Å². The van der Waals surface area contributed by atoms with E-state index >= 15 is 0 Å². The van der Waals surface area contributed by atoms with Gasteiger partial charge in [-0.25, -0.2) is 0 Å². The summed E-state index contributed by atoms with van der Waals surface area (Å²) in [5.41, 5.74) is -2.13.